The Hall–Kier alpha value is -2.32. The van der Waals surface area contributed by atoms with Crippen LogP contribution in [0, 0.1) is 0 Å². The van der Waals surface area contributed by atoms with Crippen molar-refractivity contribution in [2.24, 2.45) is 0 Å². The predicted molar refractivity (Wildman–Crippen MR) is 112 cm³/mol. The molecule has 1 saturated heterocycles. The molecule has 1 aliphatic rings. The van der Waals surface area contributed by atoms with Crippen molar-refractivity contribution in [2.45, 2.75) is 10.9 Å². The van der Waals surface area contributed by atoms with E-state index in [0.29, 0.717) is 36.1 Å². The number of aromatic nitrogens is 2. The van der Waals surface area contributed by atoms with Gasteiger partial charge in [0.05, 0.1) is 10.9 Å². The van der Waals surface area contributed by atoms with Gasteiger partial charge in [-0.15, -0.1) is 0 Å². The Morgan fingerprint density at radius 1 is 0.828 bits per heavy atom. The van der Waals surface area contributed by atoms with Crippen molar-refractivity contribution in [3.63, 3.8) is 0 Å². The van der Waals surface area contributed by atoms with Crippen LogP contribution in [0.25, 0.3) is 0 Å². The molecule has 1 atom stereocenters. The molecular weight excluding hydrogens is 408 g/mol. The van der Waals surface area contributed by atoms with Gasteiger partial charge in [0, 0.05) is 49.2 Å². The highest BCUT2D eigenvalue weighted by atomic mass is 35.5. The zero-order chi connectivity index (χ0) is 20.3. The molecular formula is C21H21ClN4O2S. The van der Waals surface area contributed by atoms with Crippen molar-refractivity contribution >= 4 is 21.6 Å². The number of halogens is 1. The zero-order valence-corrected chi connectivity index (χ0v) is 17.3. The Morgan fingerprint density at radius 3 is 2.07 bits per heavy atom. The van der Waals surface area contributed by atoms with Crippen molar-refractivity contribution < 1.29 is 8.42 Å². The smallest absolute Gasteiger partial charge is 0.243 e. The average molecular weight is 429 g/mol. The number of nitrogens with zero attached hydrogens (tertiary/aromatic N) is 4. The van der Waals surface area contributed by atoms with E-state index in [2.05, 4.69) is 14.9 Å². The van der Waals surface area contributed by atoms with Crippen LogP contribution in [-0.4, -0.2) is 53.8 Å². The van der Waals surface area contributed by atoms with Crippen LogP contribution in [0.3, 0.4) is 0 Å². The molecule has 4 rings (SSSR count). The number of hydrogen-bond acceptors (Lipinski definition) is 5. The van der Waals surface area contributed by atoms with Crippen molar-refractivity contribution in [2.75, 3.05) is 26.2 Å². The Kier molecular flexibility index (Phi) is 5.91. The van der Waals surface area contributed by atoms with E-state index in [0.717, 1.165) is 11.1 Å². The fourth-order valence-electron chi connectivity index (χ4n) is 3.65. The molecule has 2 aromatic carbocycles. The summed E-state index contributed by atoms with van der Waals surface area (Å²) in [5.74, 6) is 0. The van der Waals surface area contributed by atoms with Crippen molar-refractivity contribution in [3.8, 4) is 0 Å². The van der Waals surface area contributed by atoms with Crippen LogP contribution in [0.5, 0.6) is 0 Å². The molecule has 6 nitrogen and oxygen atoms in total. The first-order valence-electron chi connectivity index (χ1n) is 9.35. The monoisotopic (exact) mass is 428 g/mol. The molecule has 1 unspecified atom stereocenters. The first kappa shape index (κ1) is 20.0. The Labute approximate surface area is 175 Å². The maximum Gasteiger partial charge on any atom is 0.243 e. The minimum absolute atomic E-state index is 0.0601. The summed E-state index contributed by atoms with van der Waals surface area (Å²) in [6.45, 7) is 2.06. The molecule has 0 N–H and O–H groups in total. The Morgan fingerprint density at radius 2 is 1.45 bits per heavy atom. The van der Waals surface area contributed by atoms with Crippen molar-refractivity contribution in [1.29, 1.82) is 0 Å². The summed E-state index contributed by atoms with van der Waals surface area (Å²) >= 11 is 6.06. The highest BCUT2D eigenvalue weighted by molar-refractivity contribution is 7.89. The summed E-state index contributed by atoms with van der Waals surface area (Å²) < 4.78 is 27.4. The molecule has 29 heavy (non-hydrogen) atoms. The van der Waals surface area contributed by atoms with Crippen LogP contribution >= 0.6 is 11.6 Å². The van der Waals surface area contributed by atoms with E-state index in [1.54, 1.807) is 41.0 Å². The van der Waals surface area contributed by atoms with Crippen LogP contribution in [-0.2, 0) is 10.0 Å². The highest BCUT2D eigenvalue weighted by Gasteiger charge is 2.32. The number of hydrogen-bond donors (Lipinski definition) is 0. The minimum Gasteiger partial charge on any atom is -0.290 e. The lowest BCUT2D eigenvalue weighted by Gasteiger charge is -2.39. The SMILES string of the molecule is O=S(=O)(c1ccccc1)N1CCN(C(c2ccc(Cl)cc2)c2cncnc2)CC1. The molecule has 2 heterocycles. The zero-order valence-electron chi connectivity index (χ0n) is 15.7. The van der Waals surface area contributed by atoms with Gasteiger partial charge < -0.3 is 0 Å². The van der Waals surface area contributed by atoms with Crippen LogP contribution in [0.2, 0.25) is 5.02 Å². The molecule has 0 aliphatic carbocycles. The summed E-state index contributed by atoms with van der Waals surface area (Å²) in [4.78, 5) is 10.9. The summed E-state index contributed by atoms with van der Waals surface area (Å²) in [6.07, 6.45) is 5.12. The van der Waals surface area contributed by atoms with Crippen LogP contribution < -0.4 is 0 Å². The number of benzene rings is 2. The highest BCUT2D eigenvalue weighted by Crippen LogP contribution is 2.30. The summed E-state index contributed by atoms with van der Waals surface area (Å²) in [5.41, 5.74) is 2.04. The van der Waals surface area contributed by atoms with Gasteiger partial charge >= 0.3 is 0 Å². The molecule has 1 aliphatic heterocycles. The number of rotatable bonds is 5. The van der Waals surface area contributed by atoms with E-state index in [4.69, 9.17) is 11.6 Å². The lowest BCUT2D eigenvalue weighted by molar-refractivity contribution is 0.155. The van der Waals surface area contributed by atoms with Gasteiger partial charge in [0.15, 0.2) is 0 Å². The summed E-state index contributed by atoms with van der Waals surface area (Å²) in [6, 6.07) is 16.2. The van der Waals surface area contributed by atoms with Gasteiger partial charge in [0.2, 0.25) is 10.0 Å². The number of sulfonamides is 1. The van der Waals surface area contributed by atoms with Gasteiger partial charge in [-0.25, -0.2) is 18.4 Å². The predicted octanol–water partition coefficient (Wildman–Crippen LogP) is 3.23. The molecule has 0 spiro atoms. The first-order valence-corrected chi connectivity index (χ1v) is 11.2. The largest absolute Gasteiger partial charge is 0.290 e. The minimum atomic E-state index is -3.48. The maximum atomic E-state index is 12.9. The third-order valence-electron chi connectivity index (χ3n) is 5.10. The lowest BCUT2D eigenvalue weighted by Crippen LogP contribution is -2.49. The lowest BCUT2D eigenvalue weighted by atomic mass is 9.99. The van der Waals surface area contributed by atoms with Crippen LogP contribution in [0.1, 0.15) is 17.2 Å². The molecule has 3 aromatic rings. The van der Waals surface area contributed by atoms with E-state index in [9.17, 15) is 8.42 Å². The number of piperazine rings is 1. The normalized spacial score (nSPS) is 17.1. The maximum absolute atomic E-state index is 12.9. The first-order chi connectivity index (χ1) is 14.1. The quantitative estimate of drug-likeness (QED) is 0.624. The Bertz CT molecular complexity index is 1040. The van der Waals surface area contributed by atoms with E-state index in [1.807, 2.05) is 30.3 Å². The van der Waals surface area contributed by atoms with Crippen molar-refractivity contribution in [3.05, 3.63) is 89.5 Å². The van der Waals surface area contributed by atoms with Gasteiger partial charge in [0.1, 0.15) is 6.33 Å². The molecule has 1 aromatic heterocycles. The second-order valence-electron chi connectivity index (χ2n) is 6.88. The van der Waals surface area contributed by atoms with Crippen LogP contribution in [0.4, 0.5) is 0 Å². The van der Waals surface area contributed by atoms with Gasteiger partial charge in [0.25, 0.3) is 0 Å². The van der Waals surface area contributed by atoms with E-state index < -0.39 is 10.0 Å². The summed E-state index contributed by atoms with van der Waals surface area (Å²) in [7, 11) is -3.48. The fraction of sp³-hybridized carbons (Fsp3) is 0.238. The van der Waals surface area contributed by atoms with E-state index >= 15 is 0 Å². The molecule has 0 radical (unpaired) electrons. The van der Waals surface area contributed by atoms with Gasteiger partial charge in [-0.1, -0.05) is 41.9 Å². The molecule has 0 saturated carbocycles. The molecule has 0 amide bonds. The average Bonchev–Trinajstić information content (AvgIpc) is 2.77. The Balaban J connectivity index is 1.56. The topological polar surface area (TPSA) is 66.4 Å². The standard InChI is InChI=1S/C21H21ClN4O2S/c22-19-8-6-17(7-9-19)21(18-14-23-16-24-15-18)25-10-12-26(13-11-25)29(27,28)20-4-2-1-3-5-20/h1-9,14-16,21H,10-13H2. The third kappa shape index (κ3) is 4.33. The third-order valence-corrected chi connectivity index (χ3v) is 7.27. The second-order valence-corrected chi connectivity index (χ2v) is 9.25. The van der Waals surface area contributed by atoms with Crippen LogP contribution in [0.15, 0.2) is 78.2 Å². The fourth-order valence-corrected chi connectivity index (χ4v) is 5.22. The molecule has 0 bridgehead atoms. The van der Waals surface area contributed by atoms with Crippen molar-refractivity contribution in [1.82, 2.24) is 19.2 Å². The summed E-state index contributed by atoms with van der Waals surface area (Å²) in [5, 5.41) is 0.676. The van der Waals surface area contributed by atoms with E-state index in [1.165, 1.54) is 6.33 Å². The van der Waals surface area contributed by atoms with Gasteiger partial charge in [-0.3, -0.25) is 4.90 Å². The molecule has 150 valence electrons. The second kappa shape index (κ2) is 8.59. The van der Waals surface area contributed by atoms with Gasteiger partial charge in [-0.2, -0.15) is 4.31 Å². The van der Waals surface area contributed by atoms with E-state index in [-0.39, 0.29) is 6.04 Å². The molecule has 1 fully saturated rings. The van der Waals surface area contributed by atoms with Gasteiger partial charge in [-0.05, 0) is 29.8 Å². The molecule has 8 heteroatoms.